The third-order valence-electron chi connectivity index (χ3n) is 3.54. The number of hydrogen-bond acceptors (Lipinski definition) is 4. The molecule has 1 aromatic heterocycles. The lowest BCUT2D eigenvalue weighted by Crippen LogP contribution is -2.23. The Labute approximate surface area is 96.6 Å². The molecule has 16 heavy (non-hydrogen) atoms. The van der Waals surface area contributed by atoms with Gasteiger partial charge in [0.05, 0.1) is 12.6 Å². The number of aromatic nitrogens is 4. The van der Waals surface area contributed by atoms with Gasteiger partial charge in [-0.3, -0.25) is 0 Å². The highest BCUT2D eigenvalue weighted by Crippen LogP contribution is 2.21. The summed E-state index contributed by atoms with van der Waals surface area (Å²) in [6.07, 6.45) is 3.74. The molecule has 0 amide bonds. The molecular formula is C11H21N5. The summed E-state index contributed by atoms with van der Waals surface area (Å²) in [5, 5.41) is 15.4. The average molecular weight is 223 g/mol. The van der Waals surface area contributed by atoms with Gasteiger partial charge in [0.1, 0.15) is 0 Å². The molecule has 0 spiro atoms. The standard InChI is InChI=1S/C11H21N5/c1-4-8(2)9(3)16-11(13-14-15-16)7-12-10-5-6-10/h8-10,12H,4-7H2,1-3H3. The number of rotatable bonds is 6. The van der Waals surface area contributed by atoms with Crippen LogP contribution in [0.3, 0.4) is 0 Å². The molecule has 1 aliphatic rings. The first-order valence-electron chi connectivity index (χ1n) is 6.22. The molecule has 1 N–H and O–H groups in total. The molecule has 0 radical (unpaired) electrons. The molecule has 90 valence electrons. The van der Waals surface area contributed by atoms with Gasteiger partial charge in [0, 0.05) is 6.04 Å². The van der Waals surface area contributed by atoms with Crippen LogP contribution in [0.4, 0.5) is 0 Å². The van der Waals surface area contributed by atoms with E-state index in [9.17, 15) is 0 Å². The zero-order valence-electron chi connectivity index (χ0n) is 10.3. The summed E-state index contributed by atoms with van der Waals surface area (Å²) >= 11 is 0. The first kappa shape index (κ1) is 11.5. The van der Waals surface area contributed by atoms with Crippen molar-refractivity contribution in [3.63, 3.8) is 0 Å². The Morgan fingerprint density at radius 2 is 2.19 bits per heavy atom. The lowest BCUT2D eigenvalue weighted by Gasteiger charge is -2.19. The Bertz CT molecular complexity index is 331. The SMILES string of the molecule is CCC(C)C(C)n1nnnc1CNC1CC1. The fourth-order valence-corrected chi connectivity index (χ4v) is 1.75. The lowest BCUT2D eigenvalue weighted by atomic mass is 10.0. The third-order valence-corrected chi connectivity index (χ3v) is 3.54. The highest BCUT2D eigenvalue weighted by molar-refractivity contribution is 4.88. The van der Waals surface area contributed by atoms with Crippen molar-refractivity contribution in [3.8, 4) is 0 Å². The van der Waals surface area contributed by atoms with Gasteiger partial charge < -0.3 is 5.32 Å². The van der Waals surface area contributed by atoms with E-state index < -0.39 is 0 Å². The van der Waals surface area contributed by atoms with E-state index in [1.54, 1.807) is 0 Å². The molecule has 5 nitrogen and oxygen atoms in total. The summed E-state index contributed by atoms with van der Waals surface area (Å²) < 4.78 is 1.96. The molecule has 0 aromatic carbocycles. The van der Waals surface area contributed by atoms with Crippen LogP contribution < -0.4 is 5.32 Å². The molecule has 0 bridgehead atoms. The third kappa shape index (κ3) is 2.58. The van der Waals surface area contributed by atoms with Crippen LogP contribution in [0, 0.1) is 5.92 Å². The maximum atomic E-state index is 4.10. The second-order valence-electron chi connectivity index (χ2n) is 4.82. The molecule has 2 unspecified atom stereocenters. The number of hydrogen-bond donors (Lipinski definition) is 1. The monoisotopic (exact) mass is 223 g/mol. The Hall–Kier alpha value is -0.970. The average Bonchev–Trinajstić information content (AvgIpc) is 3.02. The van der Waals surface area contributed by atoms with Crippen molar-refractivity contribution in [3.05, 3.63) is 5.82 Å². The van der Waals surface area contributed by atoms with E-state index in [4.69, 9.17) is 0 Å². The van der Waals surface area contributed by atoms with E-state index in [0.29, 0.717) is 18.0 Å². The number of tetrazole rings is 1. The topological polar surface area (TPSA) is 55.6 Å². The Morgan fingerprint density at radius 1 is 1.44 bits per heavy atom. The van der Waals surface area contributed by atoms with Gasteiger partial charge in [-0.1, -0.05) is 20.3 Å². The Kier molecular flexibility index (Phi) is 3.53. The van der Waals surface area contributed by atoms with Crippen LogP contribution in [0.15, 0.2) is 0 Å². The highest BCUT2D eigenvalue weighted by atomic mass is 15.6. The van der Waals surface area contributed by atoms with Gasteiger partial charge >= 0.3 is 0 Å². The lowest BCUT2D eigenvalue weighted by molar-refractivity contribution is 0.326. The molecule has 5 heteroatoms. The minimum Gasteiger partial charge on any atom is -0.307 e. The quantitative estimate of drug-likeness (QED) is 0.794. The first-order chi connectivity index (χ1) is 7.72. The van der Waals surface area contributed by atoms with Crippen molar-refractivity contribution in [1.29, 1.82) is 0 Å². The Balaban J connectivity index is 1.98. The molecule has 1 saturated carbocycles. The second-order valence-corrected chi connectivity index (χ2v) is 4.82. The summed E-state index contributed by atoms with van der Waals surface area (Å²) in [6.45, 7) is 7.42. The van der Waals surface area contributed by atoms with Crippen molar-refractivity contribution in [1.82, 2.24) is 25.5 Å². The van der Waals surface area contributed by atoms with Crippen LogP contribution in [0.5, 0.6) is 0 Å². The van der Waals surface area contributed by atoms with Crippen molar-refractivity contribution in [2.45, 2.75) is 58.7 Å². The van der Waals surface area contributed by atoms with Crippen LogP contribution in [0.1, 0.15) is 51.9 Å². The minimum atomic E-state index is 0.371. The van der Waals surface area contributed by atoms with E-state index in [0.717, 1.165) is 18.8 Å². The largest absolute Gasteiger partial charge is 0.307 e. The highest BCUT2D eigenvalue weighted by Gasteiger charge is 2.23. The minimum absolute atomic E-state index is 0.371. The van der Waals surface area contributed by atoms with Crippen LogP contribution in [0.2, 0.25) is 0 Å². The van der Waals surface area contributed by atoms with Gasteiger partial charge in [-0.05, 0) is 36.1 Å². The van der Waals surface area contributed by atoms with E-state index in [2.05, 4.69) is 41.6 Å². The van der Waals surface area contributed by atoms with Crippen molar-refractivity contribution >= 4 is 0 Å². The summed E-state index contributed by atoms with van der Waals surface area (Å²) in [4.78, 5) is 0. The first-order valence-corrected chi connectivity index (χ1v) is 6.22. The zero-order valence-corrected chi connectivity index (χ0v) is 10.3. The van der Waals surface area contributed by atoms with Crippen LogP contribution in [-0.4, -0.2) is 26.2 Å². The van der Waals surface area contributed by atoms with E-state index >= 15 is 0 Å². The maximum absolute atomic E-state index is 4.10. The second kappa shape index (κ2) is 4.91. The summed E-state index contributed by atoms with van der Waals surface area (Å²) in [5.74, 6) is 1.56. The fourth-order valence-electron chi connectivity index (χ4n) is 1.75. The molecule has 1 heterocycles. The van der Waals surface area contributed by atoms with Crippen molar-refractivity contribution < 1.29 is 0 Å². The molecule has 1 aromatic rings. The van der Waals surface area contributed by atoms with Crippen molar-refractivity contribution in [2.24, 2.45) is 5.92 Å². The fraction of sp³-hybridized carbons (Fsp3) is 0.909. The number of nitrogens with one attached hydrogen (secondary N) is 1. The van der Waals surface area contributed by atoms with Gasteiger partial charge in [-0.15, -0.1) is 5.10 Å². The van der Waals surface area contributed by atoms with Crippen molar-refractivity contribution in [2.75, 3.05) is 0 Å². The van der Waals surface area contributed by atoms with E-state index in [-0.39, 0.29) is 0 Å². The normalized spacial score (nSPS) is 19.7. The van der Waals surface area contributed by atoms with Gasteiger partial charge in [0.2, 0.25) is 0 Å². The van der Waals surface area contributed by atoms with E-state index in [1.807, 2.05) is 4.68 Å². The summed E-state index contributed by atoms with van der Waals surface area (Å²) in [7, 11) is 0. The predicted octanol–water partition coefficient (Wildman–Crippen LogP) is 1.53. The molecule has 1 aliphatic carbocycles. The van der Waals surface area contributed by atoms with Crippen LogP contribution >= 0.6 is 0 Å². The summed E-state index contributed by atoms with van der Waals surface area (Å²) in [5.41, 5.74) is 0. The van der Waals surface area contributed by atoms with E-state index in [1.165, 1.54) is 12.8 Å². The Morgan fingerprint density at radius 3 is 2.81 bits per heavy atom. The summed E-state index contributed by atoms with van der Waals surface area (Å²) in [6, 6.07) is 1.07. The molecule has 0 saturated heterocycles. The molecule has 1 fully saturated rings. The molecule has 2 rings (SSSR count). The van der Waals surface area contributed by atoms with Crippen LogP contribution in [0.25, 0.3) is 0 Å². The van der Waals surface area contributed by atoms with Gasteiger partial charge in [-0.25, -0.2) is 4.68 Å². The van der Waals surface area contributed by atoms with Crippen LogP contribution in [-0.2, 0) is 6.54 Å². The maximum Gasteiger partial charge on any atom is 0.165 e. The smallest absolute Gasteiger partial charge is 0.165 e. The van der Waals surface area contributed by atoms with Gasteiger partial charge in [0.15, 0.2) is 5.82 Å². The zero-order chi connectivity index (χ0) is 11.5. The molecule has 2 atom stereocenters. The van der Waals surface area contributed by atoms with Gasteiger partial charge in [-0.2, -0.15) is 0 Å². The molecule has 0 aliphatic heterocycles. The van der Waals surface area contributed by atoms with Gasteiger partial charge in [0.25, 0.3) is 0 Å². The molecular weight excluding hydrogens is 202 g/mol. The predicted molar refractivity (Wildman–Crippen MR) is 61.8 cm³/mol. The number of nitrogens with zero attached hydrogens (tertiary/aromatic N) is 4.